The summed E-state index contributed by atoms with van der Waals surface area (Å²) in [5.74, 6) is -1.12. The number of esters is 1. The Morgan fingerprint density at radius 2 is 1.81 bits per heavy atom. The summed E-state index contributed by atoms with van der Waals surface area (Å²) in [6, 6.07) is 12.1. The first kappa shape index (κ1) is 21.5. The molecule has 0 aliphatic heterocycles. The molecular formula is C23H21N3O5S. The third kappa shape index (κ3) is 4.19. The molecule has 0 atom stereocenters. The molecule has 0 fully saturated rings. The number of nitrogens with zero attached hydrogens (tertiary/aromatic N) is 2. The van der Waals surface area contributed by atoms with Gasteiger partial charge in [-0.25, -0.2) is 4.68 Å². The first-order valence-corrected chi connectivity index (χ1v) is 10.8. The number of hydrogen-bond donors (Lipinski definition) is 1. The van der Waals surface area contributed by atoms with Crippen LogP contribution in [-0.4, -0.2) is 32.7 Å². The van der Waals surface area contributed by atoms with Crippen LogP contribution in [0.2, 0.25) is 0 Å². The van der Waals surface area contributed by atoms with E-state index in [2.05, 4.69) is 5.10 Å². The average molecular weight is 452 g/mol. The minimum Gasteiger partial charge on any atom is -0.456 e. The van der Waals surface area contributed by atoms with Crippen molar-refractivity contribution >= 4 is 33.9 Å². The maximum atomic E-state index is 12.7. The number of Topliss-reactive ketones (excluding diaryl/α,β-unsaturated/α-hetero) is 1. The van der Waals surface area contributed by atoms with Crippen LogP contribution >= 0.6 is 11.3 Å². The molecule has 0 saturated carbocycles. The molecular weight excluding hydrogens is 430 g/mol. The quantitative estimate of drug-likeness (QED) is 0.344. The van der Waals surface area contributed by atoms with Crippen LogP contribution in [0.3, 0.4) is 0 Å². The van der Waals surface area contributed by atoms with Gasteiger partial charge in [0, 0.05) is 21.8 Å². The molecule has 1 aromatic carbocycles. The topological polar surface area (TPSA) is 103 Å². The lowest BCUT2D eigenvalue weighted by Gasteiger charge is -2.09. The van der Waals surface area contributed by atoms with Gasteiger partial charge in [-0.3, -0.25) is 24.3 Å². The van der Waals surface area contributed by atoms with Gasteiger partial charge in [0.2, 0.25) is 5.78 Å². The van der Waals surface area contributed by atoms with Gasteiger partial charge in [0.1, 0.15) is 6.54 Å². The molecule has 0 saturated heterocycles. The number of thiophene rings is 1. The van der Waals surface area contributed by atoms with Gasteiger partial charge in [-0.15, -0.1) is 11.3 Å². The van der Waals surface area contributed by atoms with E-state index >= 15 is 0 Å². The van der Waals surface area contributed by atoms with Crippen molar-refractivity contribution in [3.05, 3.63) is 90.4 Å². The van der Waals surface area contributed by atoms with E-state index in [-0.39, 0.29) is 16.6 Å². The smallest absolute Gasteiger partial charge is 0.328 e. The summed E-state index contributed by atoms with van der Waals surface area (Å²) in [5, 5.41) is 4.83. The predicted octanol–water partition coefficient (Wildman–Crippen LogP) is 2.64. The summed E-state index contributed by atoms with van der Waals surface area (Å²) < 4.78 is 8.04. The molecule has 0 spiro atoms. The zero-order chi connectivity index (χ0) is 22.8. The second-order valence-corrected chi connectivity index (χ2v) is 8.44. The number of carbonyl (C=O) groups is 2. The zero-order valence-corrected chi connectivity index (χ0v) is 18.4. The van der Waals surface area contributed by atoms with Crippen LogP contribution in [0.15, 0.2) is 57.4 Å². The highest BCUT2D eigenvalue weighted by molar-refractivity contribution is 7.09. The lowest BCUT2D eigenvalue weighted by atomic mass is 10.1. The molecule has 0 radical (unpaired) electrons. The highest BCUT2D eigenvalue weighted by Crippen LogP contribution is 2.19. The van der Waals surface area contributed by atoms with Gasteiger partial charge in [0.25, 0.3) is 11.1 Å². The Bertz CT molecular complexity index is 1430. The van der Waals surface area contributed by atoms with E-state index < -0.39 is 30.2 Å². The number of aryl methyl sites for hydroxylation is 1. The van der Waals surface area contributed by atoms with Gasteiger partial charge in [0.15, 0.2) is 6.61 Å². The molecule has 0 amide bonds. The maximum absolute atomic E-state index is 12.7. The van der Waals surface area contributed by atoms with E-state index in [1.54, 1.807) is 29.5 Å². The van der Waals surface area contributed by atoms with Gasteiger partial charge < -0.3 is 9.30 Å². The zero-order valence-electron chi connectivity index (χ0n) is 17.6. The Balaban J connectivity index is 1.44. The minimum atomic E-state index is -0.793. The summed E-state index contributed by atoms with van der Waals surface area (Å²) >= 11 is 1.64. The SMILES string of the molecule is Cc1cc(C(=O)COC(=O)Cn2[nH]c(=O)c3ccccc3c2=O)c(C)n1Cc1cccs1. The number of aromatic nitrogens is 3. The second-order valence-electron chi connectivity index (χ2n) is 7.41. The van der Waals surface area contributed by atoms with Crippen LogP contribution in [0.25, 0.3) is 10.8 Å². The van der Waals surface area contributed by atoms with Crippen LogP contribution in [0.4, 0.5) is 0 Å². The monoisotopic (exact) mass is 451 g/mol. The Labute approximate surface area is 186 Å². The molecule has 164 valence electrons. The third-order valence-electron chi connectivity index (χ3n) is 5.30. The molecule has 3 aromatic heterocycles. The van der Waals surface area contributed by atoms with Crippen molar-refractivity contribution in [3.8, 4) is 0 Å². The molecule has 4 aromatic rings. The minimum absolute atomic E-state index is 0.207. The Kier molecular flexibility index (Phi) is 5.91. The van der Waals surface area contributed by atoms with E-state index in [9.17, 15) is 19.2 Å². The highest BCUT2D eigenvalue weighted by atomic mass is 32.1. The number of benzene rings is 1. The lowest BCUT2D eigenvalue weighted by molar-refractivity contribution is -0.143. The molecule has 4 rings (SSSR count). The Hall–Kier alpha value is -3.72. The largest absolute Gasteiger partial charge is 0.456 e. The number of hydrogen-bond acceptors (Lipinski definition) is 6. The van der Waals surface area contributed by atoms with Crippen LogP contribution in [0, 0.1) is 13.8 Å². The molecule has 8 nitrogen and oxygen atoms in total. The van der Waals surface area contributed by atoms with Crippen molar-refractivity contribution in [2.24, 2.45) is 0 Å². The van der Waals surface area contributed by atoms with Gasteiger partial charge in [-0.1, -0.05) is 18.2 Å². The van der Waals surface area contributed by atoms with Gasteiger partial charge in [0.05, 0.1) is 17.3 Å². The van der Waals surface area contributed by atoms with E-state index in [1.165, 1.54) is 17.0 Å². The number of fused-ring (bicyclic) bond motifs is 1. The van der Waals surface area contributed by atoms with Crippen LogP contribution in [0.1, 0.15) is 26.6 Å². The van der Waals surface area contributed by atoms with Crippen LogP contribution < -0.4 is 11.1 Å². The molecule has 9 heteroatoms. The van der Waals surface area contributed by atoms with Crippen molar-refractivity contribution < 1.29 is 14.3 Å². The van der Waals surface area contributed by atoms with Crippen molar-refractivity contribution in [3.63, 3.8) is 0 Å². The maximum Gasteiger partial charge on any atom is 0.328 e. The standard InChI is InChI=1S/C23H21N3O5S/c1-14-10-19(15(2)25(14)11-16-6-5-9-32-16)20(27)13-31-21(28)12-26-23(30)18-8-4-3-7-17(18)22(29)24-26/h3-10H,11-13H2,1-2H3,(H,24,29). The summed E-state index contributed by atoms with van der Waals surface area (Å²) in [4.78, 5) is 50.8. The van der Waals surface area contributed by atoms with Crippen molar-refractivity contribution in [2.45, 2.75) is 26.9 Å². The number of carbonyl (C=O) groups excluding carboxylic acids is 2. The van der Waals surface area contributed by atoms with E-state index in [0.29, 0.717) is 12.1 Å². The fraction of sp³-hybridized carbons (Fsp3) is 0.217. The van der Waals surface area contributed by atoms with E-state index in [1.807, 2.05) is 35.9 Å². The normalized spacial score (nSPS) is 11.1. The fourth-order valence-electron chi connectivity index (χ4n) is 3.64. The van der Waals surface area contributed by atoms with Crippen molar-refractivity contribution in [1.29, 1.82) is 0 Å². The number of H-pyrrole nitrogens is 1. The second kappa shape index (κ2) is 8.80. The molecule has 0 aliphatic carbocycles. The van der Waals surface area contributed by atoms with Crippen molar-refractivity contribution in [2.75, 3.05) is 6.61 Å². The number of aromatic amines is 1. The predicted molar refractivity (Wildman–Crippen MR) is 121 cm³/mol. The van der Waals surface area contributed by atoms with Crippen LogP contribution in [0.5, 0.6) is 0 Å². The first-order chi connectivity index (χ1) is 15.3. The Morgan fingerprint density at radius 3 is 2.53 bits per heavy atom. The molecule has 0 aliphatic rings. The summed E-state index contributed by atoms with van der Waals surface area (Å²) in [5.41, 5.74) is 1.23. The average Bonchev–Trinajstić information content (AvgIpc) is 3.39. The fourth-order valence-corrected chi connectivity index (χ4v) is 4.33. The molecule has 0 unspecified atom stereocenters. The van der Waals surface area contributed by atoms with E-state index in [4.69, 9.17) is 4.74 Å². The first-order valence-electron chi connectivity index (χ1n) is 9.95. The summed E-state index contributed by atoms with van der Waals surface area (Å²) in [6.07, 6.45) is 0. The third-order valence-corrected chi connectivity index (χ3v) is 6.16. The number of rotatable bonds is 7. The molecule has 1 N–H and O–H groups in total. The number of ether oxygens (including phenoxy) is 1. The molecule has 32 heavy (non-hydrogen) atoms. The molecule has 0 bridgehead atoms. The Morgan fingerprint density at radius 1 is 1.06 bits per heavy atom. The van der Waals surface area contributed by atoms with Gasteiger partial charge >= 0.3 is 5.97 Å². The number of ketones is 1. The van der Waals surface area contributed by atoms with E-state index in [0.717, 1.165) is 16.1 Å². The highest BCUT2D eigenvalue weighted by Gasteiger charge is 2.18. The summed E-state index contributed by atoms with van der Waals surface area (Å²) in [6.45, 7) is 3.50. The van der Waals surface area contributed by atoms with Gasteiger partial charge in [-0.05, 0) is 43.5 Å². The van der Waals surface area contributed by atoms with Gasteiger partial charge in [-0.2, -0.15) is 0 Å². The number of nitrogens with one attached hydrogen (secondary N) is 1. The van der Waals surface area contributed by atoms with Crippen LogP contribution in [-0.2, 0) is 22.6 Å². The van der Waals surface area contributed by atoms with Crippen molar-refractivity contribution in [1.82, 2.24) is 14.3 Å². The lowest BCUT2D eigenvalue weighted by Crippen LogP contribution is -2.33. The summed E-state index contributed by atoms with van der Waals surface area (Å²) in [7, 11) is 0. The molecule has 3 heterocycles.